The Kier molecular flexibility index (Phi) is 28.8. The topological polar surface area (TPSA) is 723 Å². The van der Waals surface area contributed by atoms with Crippen molar-refractivity contribution in [2.45, 2.75) is 0 Å². The normalized spacial score (nSPS) is 8.44. The Morgan fingerprint density at radius 2 is 0.636 bits per heavy atom. The van der Waals surface area contributed by atoms with E-state index in [2.05, 4.69) is 31.1 Å². The molecule has 1 radical (unpaired) electrons. The van der Waals surface area contributed by atoms with Gasteiger partial charge in [-0.15, -0.1) is 19.8 Å². The van der Waals surface area contributed by atoms with E-state index < -0.39 is 98.2 Å². The summed E-state index contributed by atoms with van der Waals surface area (Å²) in [5.41, 5.74) is -10.3. The van der Waals surface area contributed by atoms with E-state index in [0.717, 1.165) is 9.58 Å². The number of nitrogens with two attached hydrogens (primary N) is 2. The average Bonchev–Trinajstić information content (AvgIpc) is 3.61. The van der Waals surface area contributed by atoms with Crippen LogP contribution in [0.3, 0.4) is 0 Å². The van der Waals surface area contributed by atoms with Crippen LogP contribution in [0, 0.1) is 60.7 Å². The van der Waals surface area contributed by atoms with Gasteiger partial charge in [-0.2, -0.15) is 0 Å². The van der Waals surface area contributed by atoms with Crippen LogP contribution in [0.1, 0.15) is 0 Å². The number of benzene rings is 2. The van der Waals surface area contributed by atoms with E-state index >= 15 is 0 Å². The third-order valence-corrected chi connectivity index (χ3v) is 4.48. The van der Waals surface area contributed by atoms with Gasteiger partial charge in [0.25, 0.3) is 23.0 Å². The Morgan fingerprint density at radius 3 is 0.727 bits per heavy atom. The van der Waals surface area contributed by atoms with Gasteiger partial charge in [-0.1, -0.05) is 0 Å². The summed E-state index contributed by atoms with van der Waals surface area (Å²) in [5, 5.41) is 141. The summed E-state index contributed by atoms with van der Waals surface area (Å²) in [7, 11) is 0. The fraction of sp³-hybridized carbons (Fsp3) is 0. The van der Waals surface area contributed by atoms with E-state index in [1.807, 2.05) is 0 Å². The quantitative estimate of drug-likeness (QED) is 0.0345. The molecule has 40 nitrogen and oxygen atoms in total. The van der Waals surface area contributed by atoms with Gasteiger partial charge in [0.05, 0.1) is 41.0 Å². The smallest absolute Gasteiger partial charge is 0.863 e. The van der Waals surface area contributed by atoms with Crippen LogP contribution in [0.15, 0.2) is 12.7 Å². The molecule has 0 saturated heterocycles. The van der Waals surface area contributed by atoms with Gasteiger partial charge in [-0.3, -0.25) is 60.7 Å². The summed E-state index contributed by atoms with van der Waals surface area (Å²) in [6, 6.07) is 0. The number of rotatable bonds is 6. The minimum absolute atomic E-state index is 0. The Balaban J connectivity index is -0.000000117. The summed E-state index contributed by atoms with van der Waals surface area (Å²) in [6.07, 6.45) is 2.61. The molecule has 0 amide bonds. The number of nitro benzene ring substituents is 6. The van der Waals surface area contributed by atoms with Crippen molar-refractivity contribution in [3.63, 3.8) is 0 Å². The molecule has 0 saturated carbocycles. The van der Waals surface area contributed by atoms with E-state index in [1.165, 1.54) is 12.7 Å². The zero-order valence-corrected chi connectivity index (χ0v) is 27.1. The molecule has 0 unspecified atom stereocenters. The molecule has 0 aliphatic carbocycles. The van der Waals surface area contributed by atoms with Crippen LogP contribution in [-0.2, 0) is 49.9 Å². The summed E-state index contributed by atoms with van der Waals surface area (Å²) in [6.45, 7) is 0. The molecular weight excluding hydrogens is 831 g/mol. The number of nitrogen functional groups attached to an aromatic ring is 2. The van der Waals surface area contributed by atoms with Crippen LogP contribution < -0.4 is 21.9 Å². The second-order valence-corrected chi connectivity index (χ2v) is 7.27. The maximum atomic E-state index is 11.2. The fourth-order valence-corrected chi connectivity index (χ4v) is 2.69. The number of phenolic OH excluding ortho intramolecular Hbond substituents is 4. The standard InChI is InChI=1S/2C6H3N3O9.2CH3N5.Mn.6H2O/c2*10-4-1(7(13)14)5(11)3(9(17)18)6(12)2(4)8(15)16;2*2-6-1-3-4-5-6;;;;;;;/h2*10-12H;2*1H,2H2;;6*1H2/q;;;;+2;;;;;;/p+4. The van der Waals surface area contributed by atoms with E-state index in [4.69, 9.17) is 32.1 Å². The number of hydrogen-bond acceptors (Lipinski definition) is 26. The minimum Gasteiger partial charge on any atom is -0.863 e. The molecule has 0 aliphatic rings. The van der Waals surface area contributed by atoms with E-state index in [1.54, 1.807) is 0 Å². The number of phenols is 4. The Hall–Kier alpha value is -8.34. The van der Waals surface area contributed by atoms with Crippen molar-refractivity contribution < 1.29 is 110 Å². The van der Waals surface area contributed by atoms with Crippen molar-refractivity contribution in [3.8, 4) is 34.5 Å². The maximum Gasteiger partial charge on any atom is 2.00 e. The van der Waals surface area contributed by atoms with Crippen LogP contribution in [0.5, 0.6) is 34.5 Å². The molecular formula is C14H28MnN16O24+6. The Morgan fingerprint density at radius 1 is 0.455 bits per heavy atom. The Labute approximate surface area is 304 Å². The van der Waals surface area contributed by atoms with Gasteiger partial charge < -0.3 is 75.2 Å². The van der Waals surface area contributed by atoms with Crippen LogP contribution in [0.2, 0.25) is 0 Å². The van der Waals surface area contributed by atoms with Gasteiger partial charge in [-0.05, 0) is 20.9 Å². The molecule has 55 heavy (non-hydrogen) atoms. The van der Waals surface area contributed by atoms with Crippen molar-refractivity contribution in [2.24, 2.45) is 0 Å². The molecule has 26 N–H and O–H groups in total. The average molecular weight is 859 g/mol. The molecule has 41 heteroatoms. The van der Waals surface area contributed by atoms with Gasteiger partial charge in [0, 0.05) is 0 Å². The zero-order chi connectivity index (χ0) is 37.2. The van der Waals surface area contributed by atoms with Crippen LogP contribution in [-0.4, -0.2) is 90.6 Å². The molecule has 309 valence electrons. The fourth-order valence-electron chi connectivity index (χ4n) is 2.69. The van der Waals surface area contributed by atoms with Crippen molar-refractivity contribution in [3.05, 3.63) is 73.3 Å². The van der Waals surface area contributed by atoms with Crippen molar-refractivity contribution in [2.75, 3.05) is 11.7 Å². The number of hydrogen-bond donors (Lipinski definition) is 6. The monoisotopic (exact) mass is 859 g/mol. The summed E-state index contributed by atoms with van der Waals surface area (Å²) in [4.78, 5) is 55.6. The molecule has 0 spiro atoms. The molecule has 0 aliphatic heterocycles. The number of aromatic nitrogens is 8. The first-order valence-electron chi connectivity index (χ1n) is 10.6. The summed E-state index contributed by atoms with van der Waals surface area (Å²) >= 11 is 0. The minimum atomic E-state index is -1.93. The van der Waals surface area contributed by atoms with Crippen molar-refractivity contribution >= 4 is 34.1 Å². The second kappa shape index (κ2) is 25.6. The zero-order valence-electron chi connectivity index (χ0n) is 25.9. The van der Waals surface area contributed by atoms with Crippen molar-refractivity contribution in [1.29, 1.82) is 0 Å². The number of tetrazole rings is 2. The van der Waals surface area contributed by atoms with Crippen molar-refractivity contribution in [1.82, 2.24) is 40.6 Å². The van der Waals surface area contributed by atoms with Gasteiger partial charge in [0.1, 0.15) is 0 Å². The number of nitro groups is 6. The van der Waals surface area contributed by atoms with Gasteiger partial charge in [0.2, 0.25) is 0 Å². The van der Waals surface area contributed by atoms with Gasteiger partial charge in [0.15, 0.2) is 12.7 Å². The number of nitrogens with zero attached hydrogens (tertiary/aromatic N) is 14. The van der Waals surface area contributed by atoms with E-state index in [0.29, 0.717) is 0 Å². The molecule has 2 aromatic carbocycles. The maximum absolute atomic E-state index is 11.2. The molecule has 0 bridgehead atoms. The summed E-state index contributed by atoms with van der Waals surface area (Å²) < 4.78 is 0. The first kappa shape index (κ1) is 61.8. The first-order chi connectivity index (χ1) is 22.2. The molecule has 2 heterocycles. The predicted octanol–water partition coefficient (Wildman–Crippen LogP) is -8.97. The largest absolute Gasteiger partial charge is 2.00 e. The second-order valence-electron chi connectivity index (χ2n) is 7.27. The summed E-state index contributed by atoms with van der Waals surface area (Å²) in [5.74, 6) is -0.886. The van der Waals surface area contributed by atoms with Crippen LogP contribution in [0.25, 0.3) is 0 Å². The van der Waals surface area contributed by atoms with Gasteiger partial charge in [-0.25, -0.2) is 0 Å². The third-order valence-electron chi connectivity index (χ3n) is 4.48. The van der Waals surface area contributed by atoms with E-state index in [-0.39, 0.29) is 49.9 Å². The third kappa shape index (κ3) is 14.4. The molecule has 2 aromatic heterocycles. The Bertz CT molecular complexity index is 1550. The predicted molar refractivity (Wildman–Crippen MR) is 164 cm³/mol. The number of aromatic hydroxyl groups is 4. The molecule has 0 fully saturated rings. The van der Waals surface area contributed by atoms with E-state index in [9.17, 15) is 70.9 Å². The molecule has 4 aromatic rings. The SMILES string of the molecule is Nn1cnnn1.Nn1cnnn1.O=[N+]([O-])c1c([O-])c([N+](=O)[O-])c(O)c([N+](=O)[O-])c1O.O=[N+]([O-])c1c([O-])c([N+](=O)[O-])c(O)c([N+](=O)[O-])c1O.[Mn+2].[OH3+].[OH3+].[OH3+].[OH3+].[OH3+].[OH3+]. The molecule has 4 rings (SSSR count). The van der Waals surface area contributed by atoms with Crippen LogP contribution >= 0.6 is 0 Å². The van der Waals surface area contributed by atoms with Crippen LogP contribution in [0.4, 0.5) is 34.1 Å². The molecule has 0 atom stereocenters. The first-order valence-corrected chi connectivity index (χ1v) is 10.6. The van der Waals surface area contributed by atoms with Gasteiger partial charge >= 0.3 is 51.2 Å².